The lowest BCUT2D eigenvalue weighted by atomic mass is 9.77. The number of nitrogens with one attached hydrogen (secondary N) is 2. The third kappa shape index (κ3) is 2.75. The second-order valence-corrected chi connectivity index (χ2v) is 8.55. The number of phenolic OH excluding ortho intramolecular Hbond substituents is 2. The fourth-order valence-electron chi connectivity index (χ4n) is 4.07. The number of amides is 1. The summed E-state index contributed by atoms with van der Waals surface area (Å²) in [5.41, 5.74) is -0.570. The first-order valence-electron chi connectivity index (χ1n) is 9.20. The average Bonchev–Trinajstić information content (AvgIpc) is 3.01. The third-order valence-corrected chi connectivity index (χ3v) is 6.15. The summed E-state index contributed by atoms with van der Waals surface area (Å²) in [6, 6.07) is 13.1. The topological polar surface area (TPSA) is 151 Å². The first-order valence-corrected chi connectivity index (χ1v) is 10.7. The van der Waals surface area contributed by atoms with Crippen molar-refractivity contribution in [3.05, 3.63) is 76.9 Å². The molecule has 10 nitrogen and oxygen atoms in total. The van der Waals surface area contributed by atoms with E-state index in [2.05, 4.69) is 4.72 Å². The molecule has 2 aliphatic heterocycles. The SMILES string of the molecule is O=CNS(=O)(=O)Nc1cccc2c1C(=O)OC21c2ccc(O)cc2Oc2cc(O)ccc21. The molecule has 32 heavy (non-hydrogen) atoms. The molecule has 2 heterocycles. The largest absolute Gasteiger partial charge is 0.508 e. The zero-order chi connectivity index (χ0) is 22.7. The summed E-state index contributed by atoms with van der Waals surface area (Å²) in [7, 11) is -4.27. The Morgan fingerprint density at radius 1 is 0.906 bits per heavy atom. The maximum atomic E-state index is 13.1. The lowest BCUT2D eigenvalue weighted by molar-refractivity contribution is -0.108. The highest BCUT2D eigenvalue weighted by atomic mass is 32.2. The fraction of sp³-hybridized carbons (Fsp3) is 0.0476. The van der Waals surface area contributed by atoms with Gasteiger partial charge in [0.05, 0.1) is 11.3 Å². The number of hydrogen-bond donors (Lipinski definition) is 4. The highest BCUT2D eigenvalue weighted by molar-refractivity contribution is 7.91. The van der Waals surface area contributed by atoms with Crippen molar-refractivity contribution in [3.8, 4) is 23.0 Å². The van der Waals surface area contributed by atoms with Gasteiger partial charge in [0.15, 0.2) is 5.60 Å². The number of carbonyl (C=O) groups is 2. The molecule has 0 aliphatic carbocycles. The Balaban J connectivity index is 1.80. The van der Waals surface area contributed by atoms with Crippen LogP contribution in [0.15, 0.2) is 54.6 Å². The lowest BCUT2D eigenvalue weighted by Crippen LogP contribution is -2.33. The van der Waals surface area contributed by atoms with E-state index >= 15 is 0 Å². The summed E-state index contributed by atoms with van der Waals surface area (Å²) in [5, 5.41) is 19.9. The molecule has 0 saturated carbocycles. The van der Waals surface area contributed by atoms with Crippen molar-refractivity contribution >= 4 is 28.3 Å². The van der Waals surface area contributed by atoms with Gasteiger partial charge in [0.1, 0.15) is 23.0 Å². The van der Waals surface area contributed by atoms with E-state index in [0.29, 0.717) is 16.7 Å². The van der Waals surface area contributed by atoms with E-state index < -0.39 is 21.8 Å². The van der Waals surface area contributed by atoms with Gasteiger partial charge in [-0.05, 0) is 30.3 Å². The van der Waals surface area contributed by atoms with Crippen molar-refractivity contribution in [2.75, 3.05) is 4.72 Å². The van der Waals surface area contributed by atoms with Crippen molar-refractivity contribution in [1.29, 1.82) is 0 Å². The number of ether oxygens (including phenoxy) is 2. The Morgan fingerprint density at radius 3 is 2.12 bits per heavy atom. The standard InChI is InChI=1S/C21H14N2O8S/c24-10-22-32(28,29)23-16-3-1-2-15-19(16)20(27)31-21(15)13-6-4-11(25)8-17(13)30-18-9-12(26)5-7-14(18)21/h1-10,23,25-26H,(H,22,24). The first kappa shape index (κ1) is 19.7. The lowest BCUT2D eigenvalue weighted by Gasteiger charge is -2.36. The van der Waals surface area contributed by atoms with Gasteiger partial charge >= 0.3 is 16.2 Å². The molecule has 1 amide bonds. The maximum absolute atomic E-state index is 13.1. The van der Waals surface area contributed by atoms with Crippen LogP contribution in [0.25, 0.3) is 0 Å². The first-order chi connectivity index (χ1) is 15.2. The number of fused-ring (bicyclic) bond motifs is 6. The fourth-order valence-corrected chi connectivity index (χ4v) is 4.71. The molecule has 0 fully saturated rings. The Morgan fingerprint density at radius 2 is 1.53 bits per heavy atom. The minimum Gasteiger partial charge on any atom is -0.508 e. The average molecular weight is 454 g/mol. The molecule has 162 valence electrons. The van der Waals surface area contributed by atoms with Crippen LogP contribution in [0.2, 0.25) is 0 Å². The molecule has 2 aliphatic rings. The Hall–Kier alpha value is -4.25. The normalized spacial score (nSPS) is 15.1. The van der Waals surface area contributed by atoms with E-state index in [1.807, 2.05) is 0 Å². The van der Waals surface area contributed by atoms with E-state index in [0.717, 1.165) is 0 Å². The smallest absolute Gasteiger partial charge is 0.342 e. The van der Waals surface area contributed by atoms with Crippen molar-refractivity contribution in [2.24, 2.45) is 0 Å². The highest BCUT2D eigenvalue weighted by Crippen LogP contribution is 2.57. The number of rotatable bonds is 4. The van der Waals surface area contributed by atoms with Gasteiger partial charge in [-0.25, -0.2) is 9.52 Å². The zero-order valence-electron chi connectivity index (χ0n) is 16.0. The minimum absolute atomic E-state index is 0.00473. The van der Waals surface area contributed by atoms with Gasteiger partial charge in [-0.1, -0.05) is 12.1 Å². The summed E-state index contributed by atoms with van der Waals surface area (Å²) >= 11 is 0. The quantitative estimate of drug-likeness (QED) is 0.345. The second kappa shape index (κ2) is 6.62. The van der Waals surface area contributed by atoms with Gasteiger partial charge < -0.3 is 19.7 Å². The number of esters is 1. The number of aromatic hydroxyl groups is 2. The van der Waals surface area contributed by atoms with E-state index in [1.54, 1.807) is 10.8 Å². The molecule has 5 rings (SSSR count). The van der Waals surface area contributed by atoms with E-state index in [1.165, 1.54) is 48.5 Å². The van der Waals surface area contributed by atoms with Crippen LogP contribution in [0.5, 0.6) is 23.0 Å². The predicted molar refractivity (Wildman–Crippen MR) is 110 cm³/mol. The zero-order valence-corrected chi connectivity index (χ0v) is 16.8. The van der Waals surface area contributed by atoms with Crippen molar-refractivity contribution in [2.45, 2.75) is 5.60 Å². The van der Waals surface area contributed by atoms with Crippen molar-refractivity contribution in [3.63, 3.8) is 0 Å². The molecular weight excluding hydrogens is 440 g/mol. The molecule has 3 aromatic carbocycles. The number of anilines is 1. The molecule has 0 aromatic heterocycles. The van der Waals surface area contributed by atoms with Crippen LogP contribution in [-0.2, 0) is 25.3 Å². The highest BCUT2D eigenvalue weighted by Gasteiger charge is 2.54. The molecule has 1 spiro atoms. The van der Waals surface area contributed by atoms with Gasteiger partial charge in [-0.15, -0.1) is 0 Å². The van der Waals surface area contributed by atoms with Crippen LogP contribution in [0, 0.1) is 0 Å². The summed E-state index contributed by atoms with van der Waals surface area (Å²) in [5.74, 6) is -0.610. The van der Waals surface area contributed by atoms with Crippen LogP contribution in [0.3, 0.4) is 0 Å². The van der Waals surface area contributed by atoms with Gasteiger partial charge in [0.2, 0.25) is 6.41 Å². The van der Waals surface area contributed by atoms with Gasteiger partial charge in [-0.3, -0.25) is 9.52 Å². The molecule has 0 bridgehead atoms. The van der Waals surface area contributed by atoms with Gasteiger partial charge in [0.25, 0.3) is 0 Å². The Labute approximate surface area is 181 Å². The number of carbonyl (C=O) groups excluding carboxylic acids is 2. The molecule has 4 N–H and O–H groups in total. The summed E-state index contributed by atoms with van der Waals surface area (Å²) < 4.78 is 39.7. The second-order valence-electron chi connectivity index (χ2n) is 7.10. The Bertz CT molecular complexity index is 1370. The van der Waals surface area contributed by atoms with Crippen LogP contribution in [0.4, 0.5) is 5.69 Å². The predicted octanol–water partition coefficient (Wildman–Crippen LogP) is 2.07. The molecule has 11 heteroatoms. The van der Waals surface area contributed by atoms with Crippen molar-refractivity contribution < 1.29 is 37.7 Å². The van der Waals surface area contributed by atoms with Gasteiger partial charge in [-0.2, -0.15) is 8.42 Å². The summed E-state index contributed by atoms with van der Waals surface area (Å²) in [6.45, 7) is 0. The monoisotopic (exact) mass is 454 g/mol. The molecule has 0 atom stereocenters. The maximum Gasteiger partial charge on any atom is 0.342 e. The molecule has 0 saturated heterocycles. The molecule has 3 aromatic rings. The summed E-state index contributed by atoms with van der Waals surface area (Å²) in [6.07, 6.45) is -0.00473. The minimum atomic E-state index is -4.27. The molecule has 0 unspecified atom stereocenters. The number of hydrogen-bond acceptors (Lipinski definition) is 8. The van der Waals surface area contributed by atoms with Crippen LogP contribution in [0.1, 0.15) is 27.0 Å². The van der Waals surface area contributed by atoms with Crippen LogP contribution < -0.4 is 14.2 Å². The van der Waals surface area contributed by atoms with E-state index in [-0.39, 0.29) is 40.7 Å². The number of phenols is 2. The van der Waals surface area contributed by atoms with E-state index in [4.69, 9.17) is 9.47 Å². The summed E-state index contributed by atoms with van der Waals surface area (Å²) in [4.78, 5) is 23.7. The van der Waals surface area contributed by atoms with Gasteiger partial charge in [0, 0.05) is 28.8 Å². The Kier molecular flexibility index (Phi) is 4.08. The van der Waals surface area contributed by atoms with E-state index in [9.17, 15) is 28.2 Å². The van der Waals surface area contributed by atoms with Crippen LogP contribution >= 0.6 is 0 Å². The molecule has 0 radical (unpaired) electrons. The molecular formula is C21H14N2O8S. The van der Waals surface area contributed by atoms with Crippen molar-refractivity contribution in [1.82, 2.24) is 4.72 Å². The number of benzene rings is 3. The van der Waals surface area contributed by atoms with Crippen LogP contribution in [-0.4, -0.2) is 31.0 Å². The third-order valence-electron chi connectivity index (χ3n) is 5.25.